The maximum Gasteiger partial charge on any atom is 0.337 e. The van der Waals surface area contributed by atoms with Gasteiger partial charge in [0.2, 0.25) is 5.91 Å². The third-order valence-electron chi connectivity index (χ3n) is 7.74. The van der Waals surface area contributed by atoms with Gasteiger partial charge in [0, 0.05) is 30.7 Å². The number of carbonyl (C=O) groups excluding carboxylic acids is 3. The second-order valence-corrected chi connectivity index (χ2v) is 9.16. The van der Waals surface area contributed by atoms with Crippen molar-refractivity contribution < 1.29 is 23.9 Å². The zero-order valence-corrected chi connectivity index (χ0v) is 19.2. The van der Waals surface area contributed by atoms with Gasteiger partial charge in [0.1, 0.15) is 5.78 Å². The van der Waals surface area contributed by atoms with E-state index in [1.54, 1.807) is 6.92 Å². The molecule has 1 N–H and O–H groups in total. The first-order valence-electron chi connectivity index (χ1n) is 11.4. The van der Waals surface area contributed by atoms with Crippen molar-refractivity contribution in [3.8, 4) is 0 Å². The Kier molecular flexibility index (Phi) is 6.12. The van der Waals surface area contributed by atoms with Gasteiger partial charge in [-0.15, -0.1) is 0 Å². The number of rotatable bonds is 6. The van der Waals surface area contributed by atoms with E-state index in [4.69, 9.17) is 9.47 Å². The fourth-order valence-electron chi connectivity index (χ4n) is 6.50. The predicted molar refractivity (Wildman–Crippen MR) is 120 cm³/mol. The number of anilines is 1. The van der Waals surface area contributed by atoms with Crippen LogP contribution in [0.5, 0.6) is 0 Å². The molecule has 2 fully saturated rings. The van der Waals surface area contributed by atoms with E-state index in [0.717, 1.165) is 24.2 Å². The molecule has 0 aromatic heterocycles. The number of ketones is 1. The van der Waals surface area contributed by atoms with Crippen molar-refractivity contribution in [2.45, 2.75) is 57.0 Å². The normalized spacial score (nSPS) is 31.8. The number of amides is 1. The van der Waals surface area contributed by atoms with Gasteiger partial charge in [0.15, 0.2) is 0 Å². The monoisotopic (exact) mass is 440 g/mol. The van der Waals surface area contributed by atoms with E-state index in [2.05, 4.69) is 17.1 Å². The first kappa shape index (κ1) is 22.5. The first-order valence-corrected chi connectivity index (χ1v) is 11.4. The molecule has 5 atom stereocenters. The second-order valence-electron chi connectivity index (χ2n) is 9.16. The Bertz CT molecular complexity index is 957. The summed E-state index contributed by atoms with van der Waals surface area (Å²) in [5.41, 5.74) is 1.67. The van der Waals surface area contributed by atoms with Crippen LogP contribution in [0, 0.1) is 11.8 Å². The third kappa shape index (κ3) is 3.34. The maximum absolute atomic E-state index is 13.4. The number of nitrogens with one attached hydrogen (secondary N) is 1. The molecule has 7 heteroatoms. The van der Waals surface area contributed by atoms with Crippen LogP contribution < -0.4 is 5.32 Å². The van der Waals surface area contributed by atoms with Gasteiger partial charge < -0.3 is 14.8 Å². The van der Waals surface area contributed by atoms with E-state index in [1.807, 2.05) is 24.3 Å². The van der Waals surface area contributed by atoms with Gasteiger partial charge >= 0.3 is 5.97 Å². The number of ether oxygens (including phenoxy) is 2. The highest BCUT2D eigenvalue weighted by Crippen LogP contribution is 2.55. The quantitative estimate of drug-likeness (QED) is 0.416. The second kappa shape index (κ2) is 8.70. The van der Waals surface area contributed by atoms with Gasteiger partial charge in [-0.25, -0.2) is 4.79 Å². The van der Waals surface area contributed by atoms with Crippen molar-refractivity contribution in [2.75, 3.05) is 26.1 Å². The fraction of sp³-hybridized carbons (Fsp3) is 0.560. The number of piperidine rings is 1. The molecule has 1 amide bonds. The van der Waals surface area contributed by atoms with E-state index in [0.29, 0.717) is 24.8 Å². The number of Topliss-reactive ketones (excluding diaryl/α,β-unsaturated/α-hetero) is 1. The SMILES string of the molecule is CC[C@@H]1[C@@H](/C(=C\OC)C(=O)OC)C[C@@H]2N(CC[C@]23C(=O)Nc2ccccc23)[C@H]1CC(C)=O. The summed E-state index contributed by atoms with van der Waals surface area (Å²) in [6.07, 6.45) is 3.99. The van der Waals surface area contributed by atoms with Crippen LogP contribution in [0.25, 0.3) is 0 Å². The highest BCUT2D eigenvalue weighted by Gasteiger charge is 2.62. The van der Waals surface area contributed by atoms with Crippen LogP contribution in [0.2, 0.25) is 0 Å². The number of nitrogens with zero attached hydrogens (tertiary/aromatic N) is 1. The van der Waals surface area contributed by atoms with Gasteiger partial charge in [0.25, 0.3) is 0 Å². The summed E-state index contributed by atoms with van der Waals surface area (Å²) in [6, 6.07) is 7.70. The summed E-state index contributed by atoms with van der Waals surface area (Å²) in [7, 11) is 2.89. The van der Waals surface area contributed by atoms with Crippen molar-refractivity contribution in [1.29, 1.82) is 0 Å². The largest absolute Gasteiger partial charge is 0.504 e. The summed E-state index contributed by atoms with van der Waals surface area (Å²) >= 11 is 0. The van der Waals surface area contributed by atoms with Crippen LogP contribution >= 0.6 is 0 Å². The van der Waals surface area contributed by atoms with Crippen molar-refractivity contribution in [3.05, 3.63) is 41.7 Å². The van der Waals surface area contributed by atoms with Crippen molar-refractivity contribution >= 4 is 23.3 Å². The van der Waals surface area contributed by atoms with Crippen LogP contribution in [0.4, 0.5) is 5.69 Å². The predicted octanol–water partition coefficient (Wildman–Crippen LogP) is 3.05. The summed E-state index contributed by atoms with van der Waals surface area (Å²) in [5, 5.41) is 3.08. The van der Waals surface area contributed by atoms with E-state index in [-0.39, 0.29) is 35.6 Å². The minimum atomic E-state index is -0.684. The van der Waals surface area contributed by atoms with Gasteiger partial charge in [-0.05, 0) is 43.2 Å². The molecule has 1 aromatic carbocycles. The Morgan fingerprint density at radius 1 is 1.28 bits per heavy atom. The zero-order valence-electron chi connectivity index (χ0n) is 19.2. The number of esters is 1. The topological polar surface area (TPSA) is 84.9 Å². The van der Waals surface area contributed by atoms with Crippen LogP contribution in [0.3, 0.4) is 0 Å². The number of para-hydroxylation sites is 1. The Morgan fingerprint density at radius 2 is 2.03 bits per heavy atom. The summed E-state index contributed by atoms with van der Waals surface area (Å²) < 4.78 is 10.4. The summed E-state index contributed by atoms with van der Waals surface area (Å²) in [4.78, 5) is 40.8. The summed E-state index contributed by atoms with van der Waals surface area (Å²) in [5.74, 6) is -0.398. The van der Waals surface area contributed by atoms with E-state index in [1.165, 1.54) is 20.5 Å². The molecule has 2 saturated heterocycles. The maximum atomic E-state index is 13.4. The number of methoxy groups -OCH3 is 2. The van der Waals surface area contributed by atoms with Crippen molar-refractivity contribution in [1.82, 2.24) is 4.90 Å². The number of benzene rings is 1. The lowest BCUT2D eigenvalue weighted by atomic mass is 9.65. The molecule has 3 aliphatic heterocycles. The number of fused-ring (bicyclic) bond motifs is 4. The highest BCUT2D eigenvalue weighted by atomic mass is 16.5. The molecule has 3 aliphatic rings. The number of carbonyl (C=O) groups is 3. The lowest BCUT2D eigenvalue weighted by Crippen LogP contribution is -2.58. The molecule has 0 radical (unpaired) electrons. The molecular formula is C25H32N2O5. The lowest BCUT2D eigenvalue weighted by Gasteiger charge is -2.50. The smallest absolute Gasteiger partial charge is 0.337 e. The highest BCUT2D eigenvalue weighted by molar-refractivity contribution is 6.07. The first-order chi connectivity index (χ1) is 15.4. The van der Waals surface area contributed by atoms with Gasteiger partial charge in [-0.2, -0.15) is 0 Å². The van der Waals surface area contributed by atoms with E-state index >= 15 is 0 Å². The zero-order chi connectivity index (χ0) is 23.0. The van der Waals surface area contributed by atoms with Crippen LogP contribution in [0.15, 0.2) is 36.1 Å². The average molecular weight is 441 g/mol. The minimum Gasteiger partial charge on any atom is -0.504 e. The molecule has 32 heavy (non-hydrogen) atoms. The Morgan fingerprint density at radius 3 is 2.69 bits per heavy atom. The summed E-state index contributed by atoms with van der Waals surface area (Å²) in [6.45, 7) is 4.45. The third-order valence-corrected chi connectivity index (χ3v) is 7.74. The Balaban J connectivity index is 1.83. The molecule has 0 unspecified atom stereocenters. The molecule has 3 heterocycles. The number of hydrogen-bond acceptors (Lipinski definition) is 6. The Hall–Kier alpha value is -2.67. The van der Waals surface area contributed by atoms with Crippen molar-refractivity contribution in [2.24, 2.45) is 11.8 Å². The van der Waals surface area contributed by atoms with Crippen LogP contribution in [-0.2, 0) is 29.3 Å². The molecule has 4 rings (SSSR count). The molecule has 1 aromatic rings. The van der Waals surface area contributed by atoms with Gasteiger partial charge in [-0.1, -0.05) is 31.5 Å². The molecule has 0 aliphatic carbocycles. The Labute approximate surface area is 189 Å². The fourth-order valence-corrected chi connectivity index (χ4v) is 6.50. The molecule has 7 nitrogen and oxygen atoms in total. The van der Waals surface area contributed by atoms with E-state index in [9.17, 15) is 14.4 Å². The van der Waals surface area contributed by atoms with Crippen LogP contribution in [0.1, 0.15) is 45.1 Å². The minimum absolute atomic E-state index is 0.0109. The van der Waals surface area contributed by atoms with Gasteiger partial charge in [-0.3, -0.25) is 14.5 Å². The molecule has 0 saturated carbocycles. The molecule has 0 bridgehead atoms. The average Bonchev–Trinajstić information content (AvgIpc) is 3.30. The number of hydrogen-bond donors (Lipinski definition) is 1. The lowest BCUT2D eigenvalue weighted by molar-refractivity contribution is -0.137. The molecule has 172 valence electrons. The van der Waals surface area contributed by atoms with Crippen LogP contribution in [-0.4, -0.2) is 55.4 Å². The standard InChI is InChI=1S/C25H32N2O5/c1-5-16-17(18(14-31-3)23(29)32-4)13-22-25(10-11-27(22)21(16)12-15(2)28)19-8-6-7-9-20(19)26-24(25)30/h6-9,14,16-17,21-22H,5,10-13H2,1-4H3,(H,26,30)/b18-14+/t16-,17+,21+,22+,25-/m1/s1. The molecular weight excluding hydrogens is 408 g/mol. The molecule has 1 spiro atoms. The van der Waals surface area contributed by atoms with Crippen molar-refractivity contribution in [3.63, 3.8) is 0 Å². The van der Waals surface area contributed by atoms with E-state index < -0.39 is 11.4 Å². The van der Waals surface area contributed by atoms with Gasteiger partial charge in [0.05, 0.1) is 31.5 Å².